The van der Waals surface area contributed by atoms with Gasteiger partial charge in [0.25, 0.3) is 5.79 Å². The van der Waals surface area contributed by atoms with Crippen molar-refractivity contribution >= 4 is 17.9 Å². The molecule has 1 heterocycles. The van der Waals surface area contributed by atoms with Crippen molar-refractivity contribution in [3.05, 3.63) is 0 Å². The predicted octanol–water partition coefficient (Wildman–Crippen LogP) is 6.45. The number of hydrogen-bond acceptors (Lipinski definition) is 6. The van der Waals surface area contributed by atoms with Gasteiger partial charge in [0.05, 0.1) is 17.8 Å². The summed E-state index contributed by atoms with van der Waals surface area (Å²) in [6.07, 6.45) is 9.14. The van der Waals surface area contributed by atoms with E-state index >= 15 is 0 Å². The fourth-order valence-electron chi connectivity index (χ4n) is 6.60. The van der Waals surface area contributed by atoms with Crippen molar-refractivity contribution in [2.75, 3.05) is 0 Å². The maximum absolute atomic E-state index is 12.5. The number of esters is 3. The Balaban J connectivity index is 0.000000205. The van der Waals surface area contributed by atoms with Crippen molar-refractivity contribution in [1.29, 1.82) is 0 Å². The molecule has 2 bridgehead atoms. The Kier molecular flexibility index (Phi) is 8.33. The van der Waals surface area contributed by atoms with Crippen LogP contribution >= 0.6 is 0 Å². The van der Waals surface area contributed by atoms with Gasteiger partial charge in [-0.15, -0.1) is 0 Å². The normalized spacial score (nSPS) is 36.3. The Morgan fingerprint density at radius 3 is 2.31 bits per heavy atom. The molecule has 200 valence electrons. The maximum Gasteiger partial charge on any atom is 0.314 e. The molecule has 0 amide bonds. The quantitative estimate of drug-likeness (QED) is 0.380. The van der Waals surface area contributed by atoms with Crippen LogP contribution < -0.4 is 0 Å². The number of hydrogen-bond donors (Lipinski definition) is 0. The van der Waals surface area contributed by atoms with Crippen LogP contribution in [0.5, 0.6) is 0 Å². The van der Waals surface area contributed by atoms with Crippen LogP contribution in [-0.2, 0) is 28.6 Å². The van der Waals surface area contributed by atoms with Crippen LogP contribution in [0.2, 0.25) is 0 Å². The Bertz CT molecular complexity index is 803. The summed E-state index contributed by atoms with van der Waals surface area (Å²) in [5, 5.41) is 0. The standard InChI is InChI=1S/C18H30O2.C11H18O4/c1-5-18(20-17(19)12(4)11(2)3)10-13-9-16(18)15-8-6-7-14(13)15;1-5-10(2,3)9(13)15-11(4)7-6-8(12)14-11/h11-16H,5-10H2,1-4H3;5-7H2,1-4H3. The molecule has 3 saturated carbocycles. The molecule has 4 rings (SSSR count). The van der Waals surface area contributed by atoms with Gasteiger partial charge in [0.1, 0.15) is 5.60 Å². The van der Waals surface area contributed by atoms with Crippen LogP contribution in [0, 0.1) is 40.9 Å². The molecular formula is C29H48O6. The van der Waals surface area contributed by atoms with E-state index in [2.05, 4.69) is 20.8 Å². The maximum atomic E-state index is 12.5. The first-order valence-corrected chi connectivity index (χ1v) is 14.0. The minimum atomic E-state index is -1.05. The fourth-order valence-corrected chi connectivity index (χ4v) is 6.60. The first kappa shape index (κ1) is 28.0. The summed E-state index contributed by atoms with van der Waals surface area (Å²) >= 11 is 0. The van der Waals surface area contributed by atoms with Crippen LogP contribution in [0.1, 0.15) is 113 Å². The second-order valence-corrected chi connectivity index (χ2v) is 12.7. The minimum absolute atomic E-state index is 0.0249. The largest absolute Gasteiger partial charge is 0.459 e. The van der Waals surface area contributed by atoms with Crippen molar-refractivity contribution in [2.45, 2.75) is 125 Å². The highest BCUT2D eigenvalue weighted by Gasteiger charge is 2.62. The number of carbonyl (C=O) groups is 3. The Morgan fingerprint density at radius 2 is 1.77 bits per heavy atom. The molecule has 1 saturated heterocycles. The molecule has 1 aliphatic heterocycles. The van der Waals surface area contributed by atoms with Crippen LogP contribution in [0.4, 0.5) is 0 Å². The minimum Gasteiger partial charge on any atom is -0.459 e. The van der Waals surface area contributed by atoms with Crippen LogP contribution in [0.15, 0.2) is 0 Å². The Hall–Kier alpha value is -1.59. The molecule has 35 heavy (non-hydrogen) atoms. The van der Waals surface area contributed by atoms with Crippen LogP contribution in [0.3, 0.4) is 0 Å². The zero-order chi connectivity index (χ0) is 26.2. The van der Waals surface area contributed by atoms with Crippen LogP contribution in [0.25, 0.3) is 0 Å². The molecule has 6 nitrogen and oxygen atoms in total. The predicted molar refractivity (Wildman–Crippen MR) is 134 cm³/mol. The number of carbonyl (C=O) groups excluding carboxylic acids is 3. The SMILES string of the molecule is CCC(C)(C)C(=O)OC1(C)CCC(=O)O1.CCC1(OC(=O)C(C)C(C)C)CC2CC1C1CCCC21. The molecule has 0 spiro atoms. The number of ether oxygens (including phenoxy) is 3. The summed E-state index contributed by atoms with van der Waals surface area (Å²) in [4.78, 5) is 35.1. The molecule has 3 aliphatic carbocycles. The molecule has 0 radical (unpaired) electrons. The van der Waals surface area contributed by atoms with E-state index in [9.17, 15) is 14.4 Å². The lowest BCUT2D eigenvalue weighted by molar-refractivity contribution is -0.214. The third-order valence-corrected chi connectivity index (χ3v) is 9.72. The highest BCUT2D eigenvalue weighted by molar-refractivity contribution is 5.77. The summed E-state index contributed by atoms with van der Waals surface area (Å²) in [7, 11) is 0. The van der Waals surface area contributed by atoms with E-state index in [-0.39, 0.29) is 29.4 Å². The highest BCUT2D eigenvalue weighted by atomic mass is 16.7. The molecule has 4 aliphatic rings. The van der Waals surface area contributed by atoms with Gasteiger partial charge in [-0.25, -0.2) is 0 Å². The first-order chi connectivity index (χ1) is 16.3. The lowest BCUT2D eigenvalue weighted by Crippen LogP contribution is -2.46. The lowest BCUT2D eigenvalue weighted by atomic mass is 9.71. The summed E-state index contributed by atoms with van der Waals surface area (Å²) < 4.78 is 16.4. The third-order valence-electron chi connectivity index (χ3n) is 9.72. The van der Waals surface area contributed by atoms with Gasteiger partial charge in [-0.05, 0) is 76.0 Å². The number of rotatable bonds is 7. The van der Waals surface area contributed by atoms with E-state index in [0.717, 1.165) is 30.6 Å². The summed E-state index contributed by atoms with van der Waals surface area (Å²) in [6, 6.07) is 0. The molecular weight excluding hydrogens is 444 g/mol. The zero-order valence-corrected chi connectivity index (χ0v) is 23.3. The van der Waals surface area contributed by atoms with Gasteiger partial charge in [0.15, 0.2) is 0 Å². The lowest BCUT2D eigenvalue weighted by Gasteiger charge is -2.42. The second kappa shape index (κ2) is 10.4. The number of fused-ring (bicyclic) bond motifs is 5. The van der Waals surface area contributed by atoms with E-state index < -0.39 is 11.2 Å². The van der Waals surface area contributed by atoms with Gasteiger partial charge < -0.3 is 14.2 Å². The van der Waals surface area contributed by atoms with Gasteiger partial charge in [0, 0.05) is 19.3 Å². The smallest absolute Gasteiger partial charge is 0.314 e. The van der Waals surface area contributed by atoms with Gasteiger partial charge in [0.2, 0.25) is 0 Å². The summed E-state index contributed by atoms with van der Waals surface area (Å²) in [5.41, 5.74) is -0.644. The van der Waals surface area contributed by atoms with Crippen molar-refractivity contribution in [1.82, 2.24) is 0 Å². The zero-order valence-electron chi connectivity index (χ0n) is 23.3. The molecule has 0 aromatic rings. The molecule has 0 N–H and O–H groups in total. The Labute approximate surface area is 212 Å². The molecule has 0 aromatic heterocycles. The number of cyclic esters (lactones) is 1. The third kappa shape index (κ3) is 5.72. The van der Waals surface area contributed by atoms with Crippen molar-refractivity contribution in [3.8, 4) is 0 Å². The van der Waals surface area contributed by atoms with Gasteiger partial charge >= 0.3 is 17.9 Å². The average molecular weight is 493 g/mol. The summed E-state index contributed by atoms with van der Waals surface area (Å²) in [5.74, 6) is 2.08. The second-order valence-electron chi connectivity index (χ2n) is 12.7. The van der Waals surface area contributed by atoms with E-state index in [1.165, 1.54) is 25.7 Å². The highest BCUT2D eigenvalue weighted by Crippen LogP contribution is 2.64. The fraction of sp³-hybridized carbons (Fsp3) is 0.897. The molecule has 7 unspecified atom stereocenters. The van der Waals surface area contributed by atoms with Crippen LogP contribution in [-0.4, -0.2) is 29.3 Å². The summed E-state index contributed by atoms with van der Waals surface area (Å²) in [6.45, 7) is 15.6. The van der Waals surface area contributed by atoms with E-state index in [4.69, 9.17) is 14.2 Å². The average Bonchev–Trinajstić information content (AvgIpc) is 3.55. The first-order valence-electron chi connectivity index (χ1n) is 14.0. The molecule has 0 aromatic carbocycles. The van der Waals surface area contributed by atoms with Gasteiger partial charge in [-0.2, -0.15) is 0 Å². The van der Waals surface area contributed by atoms with E-state index in [1.807, 2.05) is 27.7 Å². The topological polar surface area (TPSA) is 78.9 Å². The Morgan fingerprint density at radius 1 is 1.11 bits per heavy atom. The molecule has 7 atom stereocenters. The van der Waals surface area contributed by atoms with Gasteiger partial charge in [-0.1, -0.05) is 41.0 Å². The molecule has 6 heteroatoms. The van der Waals surface area contributed by atoms with Crippen molar-refractivity contribution in [2.24, 2.45) is 40.9 Å². The van der Waals surface area contributed by atoms with E-state index in [0.29, 0.717) is 31.1 Å². The van der Waals surface area contributed by atoms with Crippen molar-refractivity contribution < 1.29 is 28.6 Å². The monoisotopic (exact) mass is 492 g/mol. The van der Waals surface area contributed by atoms with Gasteiger partial charge in [-0.3, -0.25) is 14.4 Å². The van der Waals surface area contributed by atoms with E-state index in [1.54, 1.807) is 6.92 Å². The van der Waals surface area contributed by atoms with Crippen molar-refractivity contribution in [3.63, 3.8) is 0 Å². The molecule has 4 fully saturated rings.